The van der Waals surface area contributed by atoms with E-state index in [4.69, 9.17) is 4.74 Å². The topological polar surface area (TPSA) is 58.6 Å². The molecule has 2 N–H and O–H groups in total. The number of carbonyl (C=O) groups is 1. The van der Waals surface area contributed by atoms with Crippen LogP contribution >= 0.6 is 0 Å². The third-order valence-electron chi connectivity index (χ3n) is 3.62. The van der Waals surface area contributed by atoms with Crippen LogP contribution in [0.3, 0.4) is 0 Å². The van der Waals surface area contributed by atoms with Crippen molar-refractivity contribution in [2.45, 2.75) is 12.1 Å². The molecule has 1 aliphatic rings. The second-order valence-electron chi connectivity index (χ2n) is 4.99. The van der Waals surface area contributed by atoms with E-state index in [1.807, 2.05) is 12.1 Å². The van der Waals surface area contributed by atoms with Crippen LogP contribution in [0.2, 0.25) is 0 Å². The lowest BCUT2D eigenvalue weighted by Crippen LogP contribution is -2.50. The summed E-state index contributed by atoms with van der Waals surface area (Å²) in [6.07, 6.45) is 0. The van der Waals surface area contributed by atoms with E-state index in [0.717, 1.165) is 5.56 Å². The Bertz CT molecular complexity index is 671. The molecule has 0 saturated carbocycles. The van der Waals surface area contributed by atoms with Crippen molar-refractivity contribution in [1.82, 2.24) is 0 Å². The molecular formula is C16H14FNO3. The molecule has 3 rings (SSSR count). The Morgan fingerprint density at radius 3 is 2.62 bits per heavy atom. The minimum atomic E-state index is -1.37. The molecule has 0 bridgehead atoms. The van der Waals surface area contributed by atoms with E-state index in [-0.39, 0.29) is 12.4 Å². The number of fused-ring (bicyclic) bond motifs is 1. The number of carboxylic acid groups (broad SMARTS) is 1. The zero-order valence-electron chi connectivity index (χ0n) is 11.2. The molecule has 0 spiro atoms. The molecular weight excluding hydrogens is 273 g/mol. The van der Waals surface area contributed by atoms with E-state index in [1.54, 1.807) is 12.1 Å². The Labute approximate surface area is 121 Å². The lowest BCUT2D eigenvalue weighted by Gasteiger charge is -2.36. The van der Waals surface area contributed by atoms with E-state index in [9.17, 15) is 14.3 Å². The van der Waals surface area contributed by atoms with Gasteiger partial charge in [-0.2, -0.15) is 0 Å². The molecule has 2 aromatic rings. The van der Waals surface area contributed by atoms with Crippen molar-refractivity contribution in [3.63, 3.8) is 0 Å². The number of benzene rings is 2. The number of ether oxygens (including phenoxy) is 1. The summed E-state index contributed by atoms with van der Waals surface area (Å²) in [5, 5.41) is 12.7. The Kier molecular flexibility index (Phi) is 3.35. The number of aliphatic carboxylic acids is 1. The molecule has 108 valence electrons. The summed E-state index contributed by atoms with van der Waals surface area (Å²) in [4.78, 5) is 11.9. The summed E-state index contributed by atoms with van der Waals surface area (Å²) in [5.74, 6) is -1.40. The Morgan fingerprint density at radius 2 is 1.90 bits per heavy atom. The summed E-state index contributed by atoms with van der Waals surface area (Å²) >= 11 is 0. The normalized spacial score (nSPS) is 20.6. The number of hydrogen-bond donors (Lipinski definition) is 2. The monoisotopic (exact) mass is 287 g/mol. The first kappa shape index (κ1) is 13.6. The van der Waals surface area contributed by atoms with Gasteiger partial charge in [0.05, 0.1) is 13.2 Å². The highest BCUT2D eigenvalue weighted by molar-refractivity contribution is 5.85. The molecule has 0 radical (unpaired) electrons. The number of rotatable bonds is 3. The first-order valence-electron chi connectivity index (χ1n) is 6.55. The van der Waals surface area contributed by atoms with Gasteiger partial charge in [0.2, 0.25) is 0 Å². The Balaban J connectivity index is 2.05. The molecule has 1 unspecified atom stereocenters. The number of hydrogen-bond acceptors (Lipinski definition) is 3. The molecule has 1 heterocycles. The number of carboxylic acids is 1. The van der Waals surface area contributed by atoms with E-state index in [1.165, 1.54) is 24.3 Å². The SMILES string of the molecule is O=C(O)C1(Nc2ccc(F)cc2)COCc2ccccc21. The van der Waals surface area contributed by atoms with Crippen molar-refractivity contribution in [3.8, 4) is 0 Å². The fourth-order valence-corrected chi connectivity index (χ4v) is 2.57. The molecule has 0 amide bonds. The van der Waals surface area contributed by atoms with Crippen LogP contribution in [0.5, 0.6) is 0 Å². The van der Waals surface area contributed by atoms with Crippen molar-refractivity contribution in [3.05, 3.63) is 65.5 Å². The molecule has 1 aliphatic heterocycles. The summed E-state index contributed by atoms with van der Waals surface area (Å²) in [6, 6.07) is 12.9. The predicted octanol–water partition coefficient (Wildman–Crippen LogP) is 2.75. The van der Waals surface area contributed by atoms with Gasteiger partial charge >= 0.3 is 5.97 Å². The third kappa shape index (κ3) is 2.36. The smallest absolute Gasteiger partial charge is 0.336 e. The van der Waals surface area contributed by atoms with Crippen molar-refractivity contribution in [1.29, 1.82) is 0 Å². The summed E-state index contributed by atoms with van der Waals surface area (Å²) in [5.41, 5.74) is 0.667. The minimum absolute atomic E-state index is 0.0106. The molecule has 0 fully saturated rings. The minimum Gasteiger partial charge on any atom is -0.479 e. The van der Waals surface area contributed by atoms with Crippen molar-refractivity contribution in [2.75, 3.05) is 11.9 Å². The summed E-state index contributed by atoms with van der Waals surface area (Å²) in [7, 11) is 0. The first-order chi connectivity index (χ1) is 10.1. The van der Waals surface area contributed by atoms with Crippen molar-refractivity contribution >= 4 is 11.7 Å². The molecule has 5 heteroatoms. The molecule has 2 aromatic carbocycles. The Morgan fingerprint density at radius 1 is 1.19 bits per heavy atom. The van der Waals surface area contributed by atoms with Crippen LogP contribution < -0.4 is 5.32 Å². The molecule has 0 saturated heterocycles. The van der Waals surface area contributed by atoms with Crippen molar-refractivity contribution in [2.24, 2.45) is 0 Å². The van der Waals surface area contributed by atoms with Crippen molar-refractivity contribution < 1.29 is 19.0 Å². The fourth-order valence-electron chi connectivity index (χ4n) is 2.57. The van der Waals surface area contributed by atoms with E-state index in [2.05, 4.69) is 5.32 Å². The van der Waals surface area contributed by atoms with Gasteiger partial charge in [-0.15, -0.1) is 0 Å². The van der Waals surface area contributed by atoms with Gasteiger partial charge < -0.3 is 15.2 Å². The van der Waals surface area contributed by atoms with Gasteiger partial charge in [-0.1, -0.05) is 24.3 Å². The van der Waals surface area contributed by atoms with Gasteiger partial charge in [0.15, 0.2) is 5.54 Å². The zero-order valence-corrected chi connectivity index (χ0v) is 11.2. The summed E-state index contributed by atoms with van der Waals surface area (Å²) in [6.45, 7) is 0.396. The quantitative estimate of drug-likeness (QED) is 0.911. The van der Waals surface area contributed by atoms with Crippen LogP contribution in [0.25, 0.3) is 0 Å². The predicted molar refractivity (Wildman–Crippen MR) is 75.4 cm³/mol. The molecule has 0 aliphatic carbocycles. The van der Waals surface area contributed by atoms with Crippen LogP contribution in [-0.4, -0.2) is 17.7 Å². The highest BCUT2D eigenvalue weighted by atomic mass is 19.1. The van der Waals surface area contributed by atoms with Gasteiger partial charge in [-0.05, 0) is 35.4 Å². The van der Waals surface area contributed by atoms with Crippen LogP contribution in [0.15, 0.2) is 48.5 Å². The Hall–Kier alpha value is -2.40. The van der Waals surface area contributed by atoms with Gasteiger partial charge in [-0.25, -0.2) is 9.18 Å². The molecule has 1 atom stereocenters. The van der Waals surface area contributed by atoms with Gasteiger partial charge in [-0.3, -0.25) is 0 Å². The molecule has 0 aromatic heterocycles. The highest BCUT2D eigenvalue weighted by Gasteiger charge is 2.44. The standard InChI is InChI=1S/C16H14FNO3/c17-12-5-7-13(8-6-12)18-16(15(19)20)10-21-9-11-3-1-2-4-14(11)16/h1-8,18H,9-10H2,(H,19,20). The maximum absolute atomic E-state index is 13.0. The lowest BCUT2D eigenvalue weighted by molar-refractivity contribution is -0.146. The van der Waals surface area contributed by atoms with Gasteiger partial charge in [0.1, 0.15) is 5.82 Å². The van der Waals surface area contributed by atoms with Gasteiger partial charge in [0, 0.05) is 5.69 Å². The van der Waals surface area contributed by atoms with Gasteiger partial charge in [0.25, 0.3) is 0 Å². The maximum atomic E-state index is 13.0. The molecule has 21 heavy (non-hydrogen) atoms. The second-order valence-corrected chi connectivity index (χ2v) is 4.99. The highest BCUT2D eigenvalue weighted by Crippen LogP contribution is 2.34. The third-order valence-corrected chi connectivity index (χ3v) is 3.62. The average molecular weight is 287 g/mol. The average Bonchev–Trinajstić information content (AvgIpc) is 2.50. The lowest BCUT2D eigenvalue weighted by atomic mass is 9.85. The maximum Gasteiger partial charge on any atom is 0.336 e. The van der Waals surface area contributed by atoms with E-state index < -0.39 is 11.5 Å². The van der Waals surface area contributed by atoms with E-state index >= 15 is 0 Å². The van der Waals surface area contributed by atoms with Crippen LogP contribution in [0.1, 0.15) is 11.1 Å². The number of halogens is 1. The summed E-state index contributed by atoms with van der Waals surface area (Å²) < 4.78 is 18.4. The van der Waals surface area contributed by atoms with E-state index in [0.29, 0.717) is 17.9 Å². The first-order valence-corrected chi connectivity index (χ1v) is 6.55. The number of nitrogens with one attached hydrogen (secondary N) is 1. The fraction of sp³-hybridized carbons (Fsp3) is 0.188. The number of anilines is 1. The van der Waals surface area contributed by atoms with Crippen LogP contribution in [0, 0.1) is 5.82 Å². The second kappa shape index (κ2) is 5.18. The largest absolute Gasteiger partial charge is 0.479 e. The van der Waals surface area contributed by atoms with Crippen LogP contribution in [-0.2, 0) is 21.7 Å². The van der Waals surface area contributed by atoms with Crippen LogP contribution in [0.4, 0.5) is 10.1 Å². The molecule has 4 nitrogen and oxygen atoms in total. The zero-order chi connectivity index (χ0) is 14.9.